The number of aromatic amines is 1. The molecule has 3 rings (SSSR count). The van der Waals surface area contributed by atoms with E-state index in [0.717, 1.165) is 0 Å². The van der Waals surface area contributed by atoms with Crippen LogP contribution < -0.4 is 0 Å². The minimum Gasteiger partial charge on any atom is -0.465 e. The predicted octanol–water partition coefficient (Wildman–Crippen LogP) is 2.02. The van der Waals surface area contributed by atoms with Crippen LogP contribution in [0.3, 0.4) is 0 Å². The van der Waals surface area contributed by atoms with E-state index in [-0.39, 0.29) is 17.0 Å². The molecule has 1 aliphatic heterocycles. The summed E-state index contributed by atoms with van der Waals surface area (Å²) < 4.78 is 18.4. The Kier molecular flexibility index (Phi) is 3.20. The van der Waals surface area contributed by atoms with Gasteiger partial charge in [0, 0.05) is 6.42 Å². The molecule has 1 aromatic carbocycles. The van der Waals surface area contributed by atoms with Crippen LogP contribution in [0.4, 0.5) is 4.39 Å². The molecule has 0 spiro atoms. The van der Waals surface area contributed by atoms with E-state index in [1.54, 1.807) is 18.2 Å². The second-order valence-electron chi connectivity index (χ2n) is 4.01. The number of hydrogen-bond acceptors (Lipinski definition) is 5. The van der Waals surface area contributed by atoms with E-state index in [9.17, 15) is 9.18 Å². The first kappa shape index (κ1) is 12.2. The third kappa shape index (κ3) is 2.46. The van der Waals surface area contributed by atoms with Gasteiger partial charge < -0.3 is 4.74 Å². The van der Waals surface area contributed by atoms with E-state index in [1.165, 1.54) is 17.8 Å². The zero-order valence-electron chi connectivity index (χ0n) is 9.80. The van der Waals surface area contributed by atoms with E-state index < -0.39 is 0 Å². The standard InChI is InChI=1S/C12H10FN3O2S/c13-8-4-2-1-3-7(8)10-14-12(16-15-10)19-9-5-6-18-11(9)17/h1-4,9H,5-6H2,(H,14,15,16)/t9-/m0/s1. The van der Waals surface area contributed by atoms with Gasteiger partial charge in [0.15, 0.2) is 5.82 Å². The lowest BCUT2D eigenvalue weighted by molar-refractivity contribution is -0.137. The van der Waals surface area contributed by atoms with Crippen molar-refractivity contribution >= 4 is 17.7 Å². The predicted molar refractivity (Wildman–Crippen MR) is 67.0 cm³/mol. The monoisotopic (exact) mass is 279 g/mol. The molecule has 0 radical (unpaired) electrons. The van der Waals surface area contributed by atoms with Crippen LogP contribution in [0.1, 0.15) is 6.42 Å². The lowest BCUT2D eigenvalue weighted by Gasteiger charge is -1.99. The van der Waals surface area contributed by atoms with Gasteiger partial charge in [0.2, 0.25) is 5.16 Å². The first-order chi connectivity index (χ1) is 9.24. The van der Waals surface area contributed by atoms with Gasteiger partial charge in [-0.1, -0.05) is 23.9 Å². The molecule has 1 aliphatic rings. The van der Waals surface area contributed by atoms with Crippen LogP contribution in [-0.2, 0) is 9.53 Å². The fraction of sp³-hybridized carbons (Fsp3) is 0.250. The summed E-state index contributed by atoms with van der Waals surface area (Å²) in [6.07, 6.45) is 0.646. The molecule has 2 heterocycles. The summed E-state index contributed by atoms with van der Waals surface area (Å²) in [5.74, 6) is -0.260. The van der Waals surface area contributed by atoms with Gasteiger partial charge in [-0.3, -0.25) is 9.89 Å². The highest BCUT2D eigenvalue weighted by Crippen LogP contribution is 2.28. The van der Waals surface area contributed by atoms with Crippen LogP contribution in [0.25, 0.3) is 11.4 Å². The lowest BCUT2D eigenvalue weighted by Crippen LogP contribution is -2.09. The van der Waals surface area contributed by atoms with E-state index >= 15 is 0 Å². The molecule has 1 atom stereocenters. The number of aromatic nitrogens is 3. The summed E-state index contributed by atoms with van der Waals surface area (Å²) >= 11 is 1.23. The Morgan fingerprint density at radius 3 is 3.00 bits per heavy atom. The summed E-state index contributed by atoms with van der Waals surface area (Å²) in [4.78, 5) is 15.5. The minimum atomic E-state index is -0.365. The Bertz CT molecular complexity index is 617. The number of esters is 1. The highest BCUT2D eigenvalue weighted by molar-refractivity contribution is 8.00. The Morgan fingerprint density at radius 1 is 1.42 bits per heavy atom. The first-order valence-corrected chi connectivity index (χ1v) is 6.62. The number of carbonyl (C=O) groups excluding carboxylic acids is 1. The minimum absolute atomic E-state index is 0.248. The van der Waals surface area contributed by atoms with Crippen molar-refractivity contribution < 1.29 is 13.9 Å². The fourth-order valence-electron chi connectivity index (χ4n) is 1.78. The third-order valence-electron chi connectivity index (χ3n) is 2.73. The molecule has 1 aromatic heterocycles. The molecule has 0 unspecified atom stereocenters. The molecule has 1 saturated heterocycles. The third-order valence-corrected chi connectivity index (χ3v) is 3.83. The van der Waals surface area contributed by atoms with Crippen molar-refractivity contribution in [2.75, 3.05) is 6.61 Å². The molecule has 2 aromatic rings. The Balaban J connectivity index is 1.80. The summed E-state index contributed by atoms with van der Waals surface area (Å²) in [6.45, 7) is 0.432. The smallest absolute Gasteiger partial charge is 0.319 e. The first-order valence-electron chi connectivity index (χ1n) is 5.74. The largest absolute Gasteiger partial charge is 0.465 e. The highest BCUT2D eigenvalue weighted by atomic mass is 32.2. The topological polar surface area (TPSA) is 67.9 Å². The molecular weight excluding hydrogens is 269 g/mol. The van der Waals surface area contributed by atoms with Gasteiger partial charge in [-0.05, 0) is 12.1 Å². The van der Waals surface area contributed by atoms with Gasteiger partial charge in [-0.25, -0.2) is 9.37 Å². The molecular formula is C12H10FN3O2S. The molecule has 0 bridgehead atoms. The van der Waals surface area contributed by atoms with Crippen LogP contribution in [-0.4, -0.2) is 33.0 Å². The van der Waals surface area contributed by atoms with Crippen molar-refractivity contribution in [2.45, 2.75) is 16.8 Å². The molecule has 98 valence electrons. The summed E-state index contributed by atoms with van der Waals surface area (Å²) in [5, 5.41) is 6.81. The number of carbonyl (C=O) groups is 1. The number of nitrogens with one attached hydrogen (secondary N) is 1. The number of rotatable bonds is 3. The number of halogens is 1. The average molecular weight is 279 g/mol. The van der Waals surface area contributed by atoms with E-state index in [4.69, 9.17) is 4.74 Å². The Morgan fingerprint density at radius 2 is 2.26 bits per heavy atom. The lowest BCUT2D eigenvalue weighted by atomic mass is 10.2. The van der Waals surface area contributed by atoms with Crippen LogP contribution in [0.15, 0.2) is 29.4 Å². The Labute approximate surface area is 112 Å². The summed E-state index contributed by atoms with van der Waals surface area (Å²) in [7, 11) is 0. The second-order valence-corrected chi connectivity index (χ2v) is 5.18. The molecule has 0 saturated carbocycles. The van der Waals surface area contributed by atoms with Gasteiger partial charge in [0.25, 0.3) is 0 Å². The van der Waals surface area contributed by atoms with E-state index in [0.29, 0.717) is 29.6 Å². The van der Waals surface area contributed by atoms with E-state index in [2.05, 4.69) is 15.2 Å². The van der Waals surface area contributed by atoms with Gasteiger partial charge in [-0.2, -0.15) is 0 Å². The van der Waals surface area contributed by atoms with Crippen molar-refractivity contribution in [1.82, 2.24) is 15.2 Å². The van der Waals surface area contributed by atoms with Crippen LogP contribution in [0, 0.1) is 5.82 Å². The number of benzene rings is 1. The molecule has 1 fully saturated rings. The number of ether oxygens (including phenoxy) is 1. The number of nitrogens with zero attached hydrogens (tertiary/aromatic N) is 2. The van der Waals surface area contributed by atoms with Crippen molar-refractivity contribution in [3.05, 3.63) is 30.1 Å². The van der Waals surface area contributed by atoms with Crippen molar-refractivity contribution in [3.8, 4) is 11.4 Å². The maximum atomic E-state index is 13.6. The zero-order chi connectivity index (χ0) is 13.2. The molecule has 1 N–H and O–H groups in total. The number of thioether (sulfide) groups is 1. The number of hydrogen-bond donors (Lipinski definition) is 1. The van der Waals surface area contributed by atoms with Crippen LogP contribution >= 0.6 is 11.8 Å². The van der Waals surface area contributed by atoms with Gasteiger partial charge in [0.1, 0.15) is 11.1 Å². The quantitative estimate of drug-likeness (QED) is 0.871. The summed E-state index contributed by atoms with van der Waals surface area (Å²) in [6, 6.07) is 6.31. The van der Waals surface area contributed by atoms with Gasteiger partial charge >= 0.3 is 5.97 Å². The normalized spacial score (nSPS) is 18.6. The van der Waals surface area contributed by atoms with Crippen molar-refractivity contribution in [1.29, 1.82) is 0 Å². The molecule has 0 amide bonds. The van der Waals surface area contributed by atoms with Gasteiger partial charge in [-0.15, -0.1) is 5.10 Å². The van der Waals surface area contributed by atoms with Crippen LogP contribution in [0.2, 0.25) is 0 Å². The zero-order valence-corrected chi connectivity index (χ0v) is 10.6. The molecule has 0 aliphatic carbocycles. The van der Waals surface area contributed by atoms with Crippen LogP contribution in [0.5, 0.6) is 0 Å². The number of cyclic esters (lactones) is 1. The molecule has 7 heteroatoms. The van der Waals surface area contributed by atoms with Crippen molar-refractivity contribution in [3.63, 3.8) is 0 Å². The Hall–Kier alpha value is -1.89. The van der Waals surface area contributed by atoms with E-state index in [1.807, 2.05) is 0 Å². The maximum absolute atomic E-state index is 13.6. The SMILES string of the molecule is O=C1OCC[C@@H]1Sc1n[nH]c(-c2ccccc2F)n1. The second kappa shape index (κ2) is 5.00. The maximum Gasteiger partial charge on any atom is 0.319 e. The van der Waals surface area contributed by atoms with Gasteiger partial charge in [0.05, 0.1) is 12.2 Å². The average Bonchev–Trinajstić information content (AvgIpc) is 3.01. The fourth-order valence-corrected chi connectivity index (χ4v) is 2.66. The highest BCUT2D eigenvalue weighted by Gasteiger charge is 2.29. The summed E-state index contributed by atoms with van der Waals surface area (Å²) in [5.41, 5.74) is 0.357. The van der Waals surface area contributed by atoms with Crippen molar-refractivity contribution in [2.24, 2.45) is 0 Å². The molecule has 19 heavy (non-hydrogen) atoms. The molecule has 5 nitrogen and oxygen atoms in total. The number of H-pyrrole nitrogens is 1.